The third-order valence-electron chi connectivity index (χ3n) is 1.85. The Labute approximate surface area is 89.6 Å². The Morgan fingerprint density at radius 1 is 1.20 bits per heavy atom. The van der Waals surface area contributed by atoms with E-state index in [1.54, 1.807) is 18.2 Å². The SMILES string of the molecule is Cc1cc(C)cc(S(=O)(=O)C=CC#N)c1. The molecule has 3 nitrogen and oxygen atoms in total. The molecule has 0 saturated heterocycles. The summed E-state index contributed by atoms with van der Waals surface area (Å²) in [6.07, 6.45) is 0.965. The minimum Gasteiger partial charge on any atom is -0.219 e. The molecule has 0 aromatic heterocycles. The van der Waals surface area contributed by atoms with Gasteiger partial charge in [-0.05, 0) is 37.1 Å². The zero-order valence-electron chi connectivity index (χ0n) is 8.56. The van der Waals surface area contributed by atoms with Crippen LogP contribution in [0.1, 0.15) is 11.1 Å². The van der Waals surface area contributed by atoms with Crippen LogP contribution in [-0.2, 0) is 9.84 Å². The number of nitriles is 1. The molecule has 0 aliphatic heterocycles. The Morgan fingerprint density at radius 3 is 2.20 bits per heavy atom. The molecule has 0 unspecified atom stereocenters. The van der Waals surface area contributed by atoms with E-state index in [1.807, 2.05) is 19.9 Å². The third kappa shape index (κ3) is 2.93. The molecule has 78 valence electrons. The summed E-state index contributed by atoms with van der Waals surface area (Å²) in [5.41, 5.74) is 1.78. The Bertz CT molecular complexity index is 516. The van der Waals surface area contributed by atoms with Crippen molar-refractivity contribution in [3.05, 3.63) is 40.8 Å². The Balaban J connectivity index is 3.29. The Hall–Kier alpha value is -1.60. The smallest absolute Gasteiger partial charge is 0.200 e. The summed E-state index contributed by atoms with van der Waals surface area (Å²) >= 11 is 0. The molecule has 0 fully saturated rings. The zero-order valence-corrected chi connectivity index (χ0v) is 9.38. The summed E-state index contributed by atoms with van der Waals surface area (Å²) in [7, 11) is -3.47. The molecule has 15 heavy (non-hydrogen) atoms. The molecule has 0 aliphatic rings. The lowest BCUT2D eigenvalue weighted by Gasteiger charge is -2.02. The maximum Gasteiger partial charge on any atom is 0.200 e. The maximum absolute atomic E-state index is 11.7. The van der Waals surface area contributed by atoms with E-state index >= 15 is 0 Å². The summed E-state index contributed by atoms with van der Waals surface area (Å²) in [5, 5.41) is 9.20. The predicted molar refractivity (Wildman–Crippen MR) is 57.9 cm³/mol. The van der Waals surface area contributed by atoms with Crippen molar-refractivity contribution in [1.29, 1.82) is 5.26 Å². The van der Waals surface area contributed by atoms with Gasteiger partial charge in [0.25, 0.3) is 0 Å². The van der Waals surface area contributed by atoms with Gasteiger partial charge in [0.15, 0.2) is 0 Å². The van der Waals surface area contributed by atoms with Crippen LogP contribution in [0, 0.1) is 25.2 Å². The second-order valence-electron chi connectivity index (χ2n) is 3.30. The first-order chi connectivity index (χ1) is 6.95. The standard InChI is InChI=1S/C11H11NO2S/c1-9-6-10(2)8-11(7-9)15(13,14)5-3-4-12/h3,5-8H,1-2H3. The van der Waals surface area contributed by atoms with E-state index in [1.165, 1.54) is 0 Å². The van der Waals surface area contributed by atoms with E-state index in [2.05, 4.69) is 0 Å². The highest BCUT2D eigenvalue weighted by atomic mass is 32.2. The molecule has 0 heterocycles. The van der Waals surface area contributed by atoms with Gasteiger partial charge in [0.1, 0.15) is 0 Å². The van der Waals surface area contributed by atoms with Crippen LogP contribution < -0.4 is 0 Å². The van der Waals surface area contributed by atoms with E-state index in [4.69, 9.17) is 5.26 Å². The molecule has 4 heteroatoms. The lowest BCUT2D eigenvalue weighted by molar-refractivity contribution is 0.604. The first kappa shape index (κ1) is 11.5. The molecule has 0 bridgehead atoms. The van der Waals surface area contributed by atoms with Crippen LogP contribution in [0.4, 0.5) is 0 Å². The van der Waals surface area contributed by atoms with Crippen molar-refractivity contribution in [1.82, 2.24) is 0 Å². The fourth-order valence-electron chi connectivity index (χ4n) is 1.30. The van der Waals surface area contributed by atoms with Gasteiger partial charge in [-0.25, -0.2) is 8.42 Å². The lowest BCUT2D eigenvalue weighted by Crippen LogP contribution is -1.97. The highest BCUT2D eigenvalue weighted by molar-refractivity contribution is 7.94. The van der Waals surface area contributed by atoms with Gasteiger partial charge >= 0.3 is 0 Å². The quantitative estimate of drug-likeness (QED) is 0.719. The van der Waals surface area contributed by atoms with Gasteiger partial charge in [0, 0.05) is 11.5 Å². The zero-order chi connectivity index (χ0) is 11.5. The van der Waals surface area contributed by atoms with Gasteiger partial charge < -0.3 is 0 Å². The van der Waals surface area contributed by atoms with Crippen molar-refractivity contribution in [2.75, 3.05) is 0 Å². The monoisotopic (exact) mass is 221 g/mol. The number of sulfone groups is 1. The summed E-state index contributed by atoms with van der Waals surface area (Å²) in [5.74, 6) is 0. The first-order valence-corrected chi connectivity index (χ1v) is 5.90. The fourth-order valence-corrected chi connectivity index (χ4v) is 2.39. The van der Waals surface area contributed by atoms with E-state index in [0.717, 1.165) is 22.6 Å². The summed E-state index contributed by atoms with van der Waals surface area (Å²) in [6, 6.07) is 6.73. The molecule has 1 aromatic carbocycles. The molecule has 0 atom stereocenters. The molecule has 0 spiro atoms. The molecular weight excluding hydrogens is 210 g/mol. The molecule has 0 N–H and O–H groups in total. The van der Waals surface area contributed by atoms with Crippen molar-refractivity contribution in [2.45, 2.75) is 18.7 Å². The normalized spacial score (nSPS) is 11.5. The van der Waals surface area contributed by atoms with E-state index in [0.29, 0.717) is 0 Å². The fraction of sp³-hybridized carbons (Fsp3) is 0.182. The summed E-state index contributed by atoms with van der Waals surface area (Å²) in [6.45, 7) is 3.67. The minimum atomic E-state index is -3.47. The molecule has 1 rings (SSSR count). The largest absolute Gasteiger partial charge is 0.219 e. The first-order valence-electron chi connectivity index (χ1n) is 4.35. The Kier molecular flexibility index (Phi) is 3.28. The highest BCUT2D eigenvalue weighted by Gasteiger charge is 2.10. The number of allylic oxidation sites excluding steroid dienone is 1. The average molecular weight is 221 g/mol. The molecule has 0 amide bonds. The van der Waals surface area contributed by atoms with Gasteiger partial charge in [-0.3, -0.25) is 0 Å². The van der Waals surface area contributed by atoms with Gasteiger partial charge in [0.05, 0.1) is 11.0 Å². The van der Waals surface area contributed by atoms with Crippen LogP contribution in [0.25, 0.3) is 0 Å². The highest BCUT2D eigenvalue weighted by Crippen LogP contribution is 2.16. The number of hydrogen-bond acceptors (Lipinski definition) is 3. The molecule has 0 saturated carbocycles. The molecular formula is C11H11NO2S. The van der Waals surface area contributed by atoms with Crippen LogP contribution in [0.15, 0.2) is 34.6 Å². The van der Waals surface area contributed by atoms with Crippen LogP contribution >= 0.6 is 0 Å². The number of benzene rings is 1. The molecule has 1 aromatic rings. The number of aryl methyl sites for hydroxylation is 2. The summed E-state index contributed by atoms with van der Waals surface area (Å²) < 4.78 is 23.3. The van der Waals surface area contributed by atoms with Crippen molar-refractivity contribution in [2.24, 2.45) is 0 Å². The molecule has 0 radical (unpaired) electrons. The predicted octanol–water partition coefficient (Wildman–Crippen LogP) is 2.11. The number of rotatable bonds is 2. The van der Waals surface area contributed by atoms with Crippen molar-refractivity contribution in [3.63, 3.8) is 0 Å². The van der Waals surface area contributed by atoms with Crippen LogP contribution in [-0.4, -0.2) is 8.42 Å². The lowest BCUT2D eigenvalue weighted by atomic mass is 10.2. The molecule has 0 aliphatic carbocycles. The number of hydrogen-bond donors (Lipinski definition) is 0. The minimum absolute atomic E-state index is 0.228. The second kappa shape index (κ2) is 4.28. The van der Waals surface area contributed by atoms with Gasteiger partial charge in [0.2, 0.25) is 9.84 Å². The topological polar surface area (TPSA) is 57.9 Å². The number of nitrogens with zero attached hydrogens (tertiary/aromatic N) is 1. The van der Waals surface area contributed by atoms with Crippen LogP contribution in [0.3, 0.4) is 0 Å². The van der Waals surface area contributed by atoms with Gasteiger partial charge in [-0.15, -0.1) is 0 Å². The van der Waals surface area contributed by atoms with E-state index in [-0.39, 0.29) is 4.90 Å². The van der Waals surface area contributed by atoms with Crippen molar-refractivity contribution < 1.29 is 8.42 Å². The van der Waals surface area contributed by atoms with Gasteiger partial charge in [-0.2, -0.15) is 5.26 Å². The average Bonchev–Trinajstić information content (AvgIpc) is 2.13. The van der Waals surface area contributed by atoms with Crippen molar-refractivity contribution in [3.8, 4) is 6.07 Å². The second-order valence-corrected chi connectivity index (χ2v) is 5.13. The summed E-state index contributed by atoms with van der Waals surface area (Å²) in [4.78, 5) is 0.228. The van der Waals surface area contributed by atoms with E-state index < -0.39 is 9.84 Å². The third-order valence-corrected chi connectivity index (χ3v) is 3.23. The van der Waals surface area contributed by atoms with Crippen LogP contribution in [0.5, 0.6) is 0 Å². The van der Waals surface area contributed by atoms with Gasteiger partial charge in [-0.1, -0.05) is 6.07 Å². The van der Waals surface area contributed by atoms with E-state index in [9.17, 15) is 8.42 Å². The maximum atomic E-state index is 11.7. The van der Waals surface area contributed by atoms with Crippen LogP contribution in [0.2, 0.25) is 0 Å². The Morgan fingerprint density at radius 2 is 1.73 bits per heavy atom. The van der Waals surface area contributed by atoms with Crippen molar-refractivity contribution >= 4 is 9.84 Å².